The molecule has 0 radical (unpaired) electrons. The summed E-state index contributed by atoms with van der Waals surface area (Å²) in [7, 11) is 1.91. The third-order valence-corrected chi connectivity index (χ3v) is 2.99. The summed E-state index contributed by atoms with van der Waals surface area (Å²) in [4.78, 5) is 4.25. The van der Waals surface area contributed by atoms with Gasteiger partial charge in [-0.1, -0.05) is 18.5 Å². The van der Waals surface area contributed by atoms with Crippen LogP contribution in [-0.2, 0) is 13.6 Å². The Morgan fingerprint density at radius 2 is 2.29 bits per heavy atom. The monoisotopic (exact) mass is 253 g/mol. The standard InChI is InChI=1S/C11H16ClN5/c1-3-5-17-10(8(12)7-15-17)9(13)11-14-4-6-16(11)2/h4,6-7,9H,3,5,13H2,1-2H3. The number of halogens is 1. The Balaban J connectivity index is 2.39. The van der Waals surface area contributed by atoms with Crippen LogP contribution in [0.2, 0.25) is 5.02 Å². The van der Waals surface area contributed by atoms with Crippen LogP contribution < -0.4 is 5.73 Å². The highest BCUT2D eigenvalue weighted by Crippen LogP contribution is 2.25. The first-order chi connectivity index (χ1) is 8.15. The second kappa shape index (κ2) is 4.89. The van der Waals surface area contributed by atoms with Gasteiger partial charge in [-0.25, -0.2) is 4.98 Å². The van der Waals surface area contributed by atoms with Crippen LogP contribution in [0, 0.1) is 0 Å². The molecule has 1 atom stereocenters. The second-order valence-electron chi connectivity index (χ2n) is 3.97. The molecule has 2 rings (SSSR count). The minimum Gasteiger partial charge on any atom is -0.336 e. The van der Waals surface area contributed by atoms with Crippen LogP contribution in [-0.4, -0.2) is 19.3 Å². The van der Waals surface area contributed by atoms with Crippen molar-refractivity contribution in [1.29, 1.82) is 0 Å². The van der Waals surface area contributed by atoms with Gasteiger partial charge in [-0.15, -0.1) is 0 Å². The first-order valence-electron chi connectivity index (χ1n) is 5.59. The SMILES string of the molecule is CCCn1ncc(Cl)c1C(N)c1nccn1C. The number of rotatable bonds is 4. The number of nitrogens with zero attached hydrogens (tertiary/aromatic N) is 4. The molecule has 2 aromatic rings. The van der Waals surface area contributed by atoms with Crippen molar-refractivity contribution < 1.29 is 0 Å². The van der Waals surface area contributed by atoms with Crippen molar-refractivity contribution in [3.63, 3.8) is 0 Å². The quantitative estimate of drug-likeness (QED) is 0.903. The van der Waals surface area contributed by atoms with Gasteiger partial charge in [-0.3, -0.25) is 4.68 Å². The van der Waals surface area contributed by atoms with Crippen molar-refractivity contribution in [2.24, 2.45) is 12.8 Å². The van der Waals surface area contributed by atoms with Gasteiger partial charge in [0.1, 0.15) is 11.9 Å². The molecule has 0 bridgehead atoms. The summed E-state index contributed by atoms with van der Waals surface area (Å²) in [6, 6.07) is -0.350. The van der Waals surface area contributed by atoms with Gasteiger partial charge in [-0.05, 0) is 6.42 Å². The summed E-state index contributed by atoms with van der Waals surface area (Å²) < 4.78 is 3.74. The van der Waals surface area contributed by atoms with Gasteiger partial charge < -0.3 is 10.3 Å². The lowest BCUT2D eigenvalue weighted by Gasteiger charge is -2.14. The molecule has 0 spiro atoms. The van der Waals surface area contributed by atoms with Crippen LogP contribution in [0.3, 0.4) is 0 Å². The summed E-state index contributed by atoms with van der Waals surface area (Å²) in [5, 5.41) is 4.83. The van der Waals surface area contributed by atoms with Crippen LogP contribution in [0.15, 0.2) is 18.6 Å². The summed E-state index contributed by atoms with van der Waals surface area (Å²) in [5.74, 6) is 0.782. The molecule has 92 valence electrons. The lowest BCUT2D eigenvalue weighted by Crippen LogP contribution is -2.21. The van der Waals surface area contributed by atoms with E-state index in [0.29, 0.717) is 5.02 Å². The van der Waals surface area contributed by atoms with E-state index in [9.17, 15) is 0 Å². The van der Waals surface area contributed by atoms with Gasteiger partial charge >= 0.3 is 0 Å². The molecule has 0 saturated heterocycles. The molecule has 0 aromatic carbocycles. The van der Waals surface area contributed by atoms with E-state index in [1.807, 2.05) is 22.5 Å². The Morgan fingerprint density at radius 3 is 2.88 bits per heavy atom. The minimum atomic E-state index is -0.350. The average molecular weight is 254 g/mol. The van der Waals surface area contributed by atoms with Crippen molar-refractivity contribution in [3.8, 4) is 0 Å². The topological polar surface area (TPSA) is 61.7 Å². The van der Waals surface area contributed by atoms with E-state index in [1.165, 1.54) is 0 Å². The van der Waals surface area contributed by atoms with Crippen molar-refractivity contribution in [2.45, 2.75) is 25.9 Å². The molecule has 0 saturated carbocycles. The molecule has 0 aliphatic carbocycles. The number of aromatic nitrogens is 4. The molecule has 0 fully saturated rings. The molecule has 0 aliphatic heterocycles. The number of nitrogens with two attached hydrogens (primary N) is 1. The first kappa shape index (κ1) is 12.1. The molecule has 6 heteroatoms. The van der Waals surface area contributed by atoms with Gasteiger partial charge in [-0.2, -0.15) is 5.10 Å². The summed E-state index contributed by atoms with van der Waals surface area (Å²) in [6.07, 6.45) is 6.21. The van der Waals surface area contributed by atoms with E-state index in [2.05, 4.69) is 17.0 Å². The molecule has 0 amide bonds. The summed E-state index contributed by atoms with van der Waals surface area (Å²) in [6.45, 7) is 2.89. The molecule has 2 N–H and O–H groups in total. The van der Waals surface area contributed by atoms with E-state index in [4.69, 9.17) is 17.3 Å². The molecule has 1 unspecified atom stereocenters. The van der Waals surface area contributed by atoms with Crippen LogP contribution in [0.5, 0.6) is 0 Å². The lowest BCUT2D eigenvalue weighted by atomic mass is 10.2. The normalized spacial score (nSPS) is 12.9. The van der Waals surface area contributed by atoms with Crippen molar-refractivity contribution >= 4 is 11.6 Å². The smallest absolute Gasteiger partial charge is 0.131 e. The molecular formula is C11H16ClN5. The average Bonchev–Trinajstić information content (AvgIpc) is 2.86. The Kier molecular flexibility index (Phi) is 3.49. The van der Waals surface area contributed by atoms with Gasteiger partial charge in [0.15, 0.2) is 0 Å². The van der Waals surface area contributed by atoms with Crippen LogP contribution in [0.1, 0.15) is 30.9 Å². The maximum Gasteiger partial charge on any atom is 0.131 e. The lowest BCUT2D eigenvalue weighted by molar-refractivity contribution is 0.548. The summed E-state index contributed by atoms with van der Waals surface area (Å²) >= 11 is 6.14. The van der Waals surface area contributed by atoms with Gasteiger partial charge in [0, 0.05) is 26.0 Å². The van der Waals surface area contributed by atoms with E-state index in [1.54, 1.807) is 12.4 Å². The van der Waals surface area contributed by atoms with Crippen molar-refractivity contribution in [2.75, 3.05) is 0 Å². The number of hydrogen-bond acceptors (Lipinski definition) is 3. The third kappa shape index (κ3) is 2.21. The molecule has 2 aromatic heterocycles. The largest absolute Gasteiger partial charge is 0.336 e. The highest BCUT2D eigenvalue weighted by molar-refractivity contribution is 6.31. The molecule has 5 nitrogen and oxygen atoms in total. The predicted molar refractivity (Wildman–Crippen MR) is 66.8 cm³/mol. The molecule has 2 heterocycles. The highest BCUT2D eigenvalue weighted by Gasteiger charge is 2.21. The maximum atomic E-state index is 6.21. The van der Waals surface area contributed by atoms with Gasteiger partial charge in [0.2, 0.25) is 0 Å². The zero-order valence-corrected chi connectivity index (χ0v) is 10.7. The van der Waals surface area contributed by atoms with E-state index in [0.717, 1.165) is 24.5 Å². The summed E-state index contributed by atoms with van der Waals surface area (Å²) in [5.41, 5.74) is 7.03. The van der Waals surface area contributed by atoms with E-state index >= 15 is 0 Å². The molecule has 0 aliphatic rings. The highest BCUT2D eigenvalue weighted by atomic mass is 35.5. The second-order valence-corrected chi connectivity index (χ2v) is 4.38. The van der Waals surface area contributed by atoms with Crippen molar-refractivity contribution in [1.82, 2.24) is 19.3 Å². The Labute approximate surface area is 105 Å². The van der Waals surface area contributed by atoms with Gasteiger partial charge in [0.25, 0.3) is 0 Å². The molecular weight excluding hydrogens is 238 g/mol. The zero-order valence-electron chi connectivity index (χ0n) is 9.97. The Hall–Kier alpha value is -1.33. The number of aryl methyl sites for hydroxylation is 2. The third-order valence-electron chi connectivity index (χ3n) is 2.70. The predicted octanol–water partition coefficient (Wildman–Crippen LogP) is 1.73. The maximum absolute atomic E-state index is 6.21. The number of hydrogen-bond donors (Lipinski definition) is 1. The molecule has 17 heavy (non-hydrogen) atoms. The number of imidazole rings is 1. The Bertz CT molecular complexity index is 502. The fourth-order valence-corrected chi connectivity index (χ4v) is 2.13. The van der Waals surface area contributed by atoms with E-state index in [-0.39, 0.29) is 6.04 Å². The van der Waals surface area contributed by atoms with Crippen LogP contribution >= 0.6 is 11.6 Å². The van der Waals surface area contributed by atoms with Crippen LogP contribution in [0.25, 0.3) is 0 Å². The van der Waals surface area contributed by atoms with Gasteiger partial charge in [0.05, 0.1) is 16.9 Å². The fourth-order valence-electron chi connectivity index (χ4n) is 1.87. The fraction of sp³-hybridized carbons (Fsp3) is 0.455. The van der Waals surface area contributed by atoms with Crippen molar-refractivity contribution in [3.05, 3.63) is 35.1 Å². The first-order valence-corrected chi connectivity index (χ1v) is 5.97. The zero-order chi connectivity index (χ0) is 12.4. The minimum absolute atomic E-state index is 0.350. The van der Waals surface area contributed by atoms with E-state index < -0.39 is 0 Å². The van der Waals surface area contributed by atoms with Crippen LogP contribution in [0.4, 0.5) is 0 Å². The Morgan fingerprint density at radius 1 is 1.53 bits per heavy atom.